The monoisotopic (exact) mass is 456 g/mol. The predicted molar refractivity (Wildman–Crippen MR) is 137 cm³/mol. The van der Waals surface area contributed by atoms with Crippen molar-refractivity contribution in [2.45, 2.75) is 82.0 Å². The Labute approximate surface area is 203 Å². The molecule has 3 nitrogen and oxygen atoms in total. The van der Waals surface area contributed by atoms with Gasteiger partial charge in [-0.1, -0.05) is 62.8 Å². The molecule has 0 bridgehead atoms. The van der Waals surface area contributed by atoms with Crippen LogP contribution in [0.1, 0.15) is 110 Å². The third-order valence-electron chi connectivity index (χ3n) is 8.08. The Balaban J connectivity index is 1.69. The number of phenols is 3. The zero-order chi connectivity index (χ0) is 23.5. The molecule has 2 aliphatic rings. The smallest absolute Gasteiger partial charge is 0.115 e. The van der Waals surface area contributed by atoms with Gasteiger partial charge in [-0.15, -0.1) is 0 Å². The van der Waals surface area contributed by atoms with Crippen LogP contribution in [-0.2, 0) is 0 Å². The van der Waals surface area contributed by atoms with E-state index >= 15 is 0 Å². The summed E-state index contributed by atoms with van der Waals surface area (Å²) in [5.74, 6) is 1.80. The van der Waals surface area contributed by atoms with Gasteiger partial charge in [-0.25, -0.2) is 0 Å². The van der Waals surface area contributed by atoms with E-state index in [2.05, 4.69) is 12.1 Å². The lowest BCUT2D eigenvalue weighted by molar-refractivity contribution is 0.432. The molecule has 0 unspecified atom stereocenters. The number of phenolic OH excluding ortho intramolecular Hbond substituents is 3. The lowest BCUT2D eigenvalue weighted by Crippen LogP contribution is -2.15. The van der Waals surface area contributed by atoms with Crippen LogP contribution in [0.4, 0.5) is 0 Å². The number of hydrogen-bond acceptors (Lipinski definition) is 3. The molecule has 0 atom stereocenters. The summed E-state index contributed by atoms with van der Waals surface area (Å²) in [7, 11) is 0. The molecule has 0 aliphatic heterocycles. The van der Waals surface area contributed by atoms with Crippen molar-refractivity contribution in [2.24, 2.45) is 0 Å². The van der Waals surface area contributed by atoms with Crippen molar-refractivity contribution in [3.05, 3.63) is 88.5 Å². The van der Waals surface area contributed by atoms with Crippen LogP contribution >= 0.6 is 0 Å². The normalized spacial score (nSPS) is 17.8. The fraction of sp³-hybridized carbons (Fsp3) is 0.419. The molecule has 0 radical (unpaired) electrons. The maximum atomic E-state index is 10.5. The SMILES string of the molecule is Oc1ccc(C(c2ccc(O)cc2C2CCCCC2)c2ccc(O)cc2C2CCCCC2)cc1. The fourth-order valence-electron chi connectivity index (χ4n) is 6.38. The zero-order valence-corrected chi connectivity index (χ0v) is 19.9. The first-order valence-corrected chi connectivity index (χ1v) is 13.0. The summed E-state index contributed by atoms with van der Waals surface area (Å²) in [5, 5.41) is 30.9. The van der Waals surface area contributed by atoms with Crippen molar-refractivity contribution >= 4 is 0 Å². The number of benzene rings is 3. The van der Waals surface area contributed by atoms with Crippen molar-refractivity contribution < 1.29 is 15.3 Å². The second kappa shape index (κ2) is 10.1. The molecule has 5 rings (SSSR count). The highest BCUT2D eigenvalue weighted by Crippen LogP contribution is 2.46. The fourth-order valence-corrected chi connectivity index (χ4v) is 6.38. The Morgan fingerprint density at radius 3 is 1.35 bits per heavy atom. The topological polar surface area (TPSA) is 60.7 Å². The van der Waals surface area contributed by atoms with Crippen LogP contribution in [-0.4, -0.2) is 15.3 Å². The van der Waals surface area contributed by atoms with E-state index in [4.69, 9.17) is 0 Å². The first-order valence-electron chi connectivity index (χ1n) is 13.0. The van der Waals surface area contributed by atoms with E-state index in [1.165, 1.54) is 60.8 Å². The van der Waals surface area contributed by atoms with Crippen molar-refractivity contribution in [1.29, 1.82) is 0 Å². The Bertz CT molecular complexity index is 1040. The highest BCUT2D eigenvalue weighted by Gasteiger charge is 2.29. The van der Waals surface area contributed by atoms with Crippen molar-refractivity contribution in [1.82, 2.24) is 0 Å². The summed E-state index contributed by atoms with van der Waals surface area (Å²) >= 11 is 0. The third-order valence-corrected chi connectivity index (χ3v) is 8.08. The lowest BCUT2D eigenvalue weighted by Gasteiger charge is -2.32. The molecule has 2 saturated carbocycles. The molecule has 0 spiro atoms. The molecule has 3 N–H and O–H groups in total. The van der Waals surface area contributed by atoms with Crippen LogP contribution < -0.4 is 0 Å². The van der Waals surface area contributed by atoms with E-state index in [0.29, 0.717) is 23.3 Å². The van der Waals surface area contributed by atoms with Gasteiger partial charge in [0.15, 0.2) is 0 Å². The predicted octanol–water partition coefficient (Wildman–Crippen LogP) is 8.08. The molecule has 2 aliphatic carbocycles. The van der Waals surface area contributed by atoms with Crippen molar-refractivity contribution in [2.75, 3.05) is 0 Å². The van der Waals surface area contributed by atoms with Gasteiger partial charge in [-0.2, -0.15) is 0 Å². The van der Waals surface area contributed by atoms with E-state index in [-0.39, 0.29) is 11.7 Å². The van der Waals surface area contributed by atoms with Crippen LogP contribution in [0.2, 0.25) is 0 Å². The summed E-state index contributed by atoms with van der Waals surface area (Å²) in [5.41, 5.74) is 6.10. The molecule has 0 saturated heterocycles. The van der Waals surface area contributed by atoms with Gasteiger partial charge in [0.1, 0.15) is 17.2 Å². The molecular weight excluding hydrogens is 420 g/mol. The molecule has 3 aromatic rings. The van der Waals surface area contributed by atoms with Crippen LogP contribution in [0, 0.1) is 0 Å². The van der Waals surface area contributed by atoms with Gasteiger partial charge in [0, 0.05) is 5.92 Å². The molecule has 3 aromatic carbocycles. The Morgan fingerprint density at radius 1 is 0.500 bits per heavy atom. The van der Waals surface area contributed by atoms with Crippen LogP contribution in [0.3, 0.4) is 0 Å². The van der Waals surface area contributed by atoms with E-state index in [1.54, 1.807) is 12.1 Å². The van der Waals surface area contributed by atoms with E-state index < -0.39 is 0 Å². The van der Waals surface area contributed by atoms with Gasteiger partial charge in [-0.05, 0) is 102 Å². The Kier molecular flexibility index (Phi) is 6.80. The molecule has 3 heteroatoms. The summed E-state index contributed by atoms with van der Waals surface area (Å²) < 4.78 is 0. The molecule has 178 valence electrons. The van der Waals surface area contributed by atoms with E-state index in [9.17, 15) is 15.3 Å². The van der Waals surface area contributed by atoms with Gasteiger partial charge >= 0.3 is 0 Å². The van der Waals surface area contributed by atoms with Gasteiger partial charge < -0.3 is 15.3 Å². The second-order valence-corrected chi connectivity index (χ2v) is 10.3. The first kappa shape index (κ1) is 22.8. The maximum absolute atomic E-state index is 10.5. The molecular formula is C31H36O3. The zero-order valence-electron chi connectivity index (χ0n) is 19.9. The highest BCUT2D eigenvalue weighted by atomic mass is 16.3. The minimum atomic E-state index is -0.0179. The maximum Gasteiger partial charge on any atom is 0.115 e. The standard InChI is InChI=1S/C31H36O3/c32-24-13-11-23(12-14-24)31(27-17-15-25(33)19-29(27)21-7-3-1-4-8-21)28-18-16-26(34)20-30(28)22-9-5-2-6-10-22/h11-22,31-34H,1-10H2. The Morgan fingerprint density at radius 2 is 0.912 bits per heavy atom. The van der Waals surface area contributed by atoms with Crippen molar-refractivity contribution in [3.8, 4) is 17.2 Å². The molecule has 2 fully saturated rings. The number of aromatic hydroxyl groups is 3. The van der Waals surface area contributed by atoms with Gasteiger partial charge in [-0.3, -0.25) is 0 Å². The molecule has 34 heavy (non-hydrogen) atoms. The van der Waals surface area contributed by atoms with Crippen LogP contribution in [0.15, 0.2) is 60.7 Å². The Hall–Kier alpha value is -2.94. The summed E-state index contributed by atoms with van der Waals surface area (Å²) in [6.45, 7) is 0. The second-order valence-electron chi connectivity index (χ2n) is 10.3. The quantitative estimate of drug-likeness (QED) is 0.340. The molecule has 0 heterocycles. The first-order chi connectivity index (χ1) is 16.6. The average Bonchev–Trinajstić information content (AvgIpc) is 2.88. The van der Waals surface area contributed by atoms with Gasteiger partial charge in [0.05, 0.1) is 0 Å². The summed E-state index contributed by atoms with van der Waals surface area (Å²) in [6.07, 6.45) is 12.1. The minimum absolute atomic E-state index is 0.0179. The van der Waals surface area contributed by atoms with Crippen LogP contribution in [0.5, 0.6) is 17.2 Å². The molecule has 0 amide bonds. The van der Waals surface area contributed by atoms with E-state index in [0.717, 1.165) is 31.2 Å². The number of hydrogen-bond donors (Lipinski definition) is 3. The minimum Gasteiger partial charge on any atom is -0.508 e. The molecule has 0 aromatic heterocycles. The van der Waals surface area contributed by atoms with Gasteiger partial charge in [0.25, 0.3) is 0 Å². The lowest BCUT2D eigenvalue weighted by atomic mass is 9.73. The number of rotatable bonds is 5. The van der Waals surface area contributed by atoms with E-state index in [1.807, 2.05) is 36.4 Å². The average molecular weight is 457 g/mol. The van der Waals surface area contributed by atoms with Gasteiger partial charge in [0.2, 0.25) is 0 Å². The van der Waals surface area contributed by atoms with Crippen LogP contribution in [0.25, 0.3) is 0 Å². The summed E-state index contributed by atoms with van der Waals surface area (Å²) in [6, 6.07) is 19.4. The highest BCUT2D eigenvalue weighted by molar-refractivity contribution is 5.54. The largest absolute Gasteiger partial charge is 0.508 e. The third kappa shape index (κ3) is 4.80. The summed E-state index contributed by atoms with van der Waals surface area (Å²) in [4.78, 5) is 0. The van der Waals surface area contributed by atoms with Crippen molar-refractivity contribution in [3.63, 3.8) is 0 Å².